The Morgan fingerprint density at radius 2 is 0.747 bits per heavy atom. The summed E-state index contributed by atoms with van der Waals surface area (Å²) in [5.41, 5.74) is 30.9. The van der Waals surface area contributed by atoms with Crippen LogP contribution >= 0.6 is 0 Å². The van der Waals surface area contributed by atoms with Crippen molar-refractivity contribution in [1.82, 2.24) is 9.13 Å². The van der Waals surface area contributed by atoms with Gasteiger partial charge in [0.05, 0.1) is 33.4 Å². The van der Waals surface area contributed by atoms with Gasteiger partial charge in [-0.1, -0.05) is 233 Å². The molecule has 18 rings (SSSR count). The lowest BCUT2D eigenvalue weighted by molar-refractivity contribution is 0.590. The molecule has 0 aliphatic carbocycles. The van der Waals surface area contributed by atoms with Crippen LogP contribution in [0.1, 0.15) is 26.3 Å². The van der Waals surface area contributed by atoms with Gasteiger partial charge in [-0.25, -0.2) is 0 Å². The van der Waals surface area contributed by atoms with Crippen LogP contribution in [0.4, 0.5) is 34.1 Å². The molecule has 0 saturated heterocycles. The van der Waals surface area contributed by atoms with Crippen molar-refractivity contribution in [3.63, 3.8) is 0 Å². The van der Waals surface area contributed by atoms with Gasteiger partial charge >= 0.3 is 0 Å². The molecule has 0 N–H and O–H groups in total. The zero-order valence-electron chi connectivity index (χ0n) is 48.6. The van der Waals surface area contributed by atoms with E-state index < -0.39 is 0 Å². The molecule has 408 valence electrons. The fourth-order valence-corrected chi connectivity index (χ4v) is 15.0. The van der Waals surface area contributed by atoms with Crippen LogP contribution in [-0.4, -0.2) is 15.8 Å². The number of fused-ring (bicyclic) bond motifs is 15. The van der Waals surface area contributed by atoms with Gasteiger partial charge in [0.25, 0.3) is 6.71 Å². The summed E-state index contributed by atoms with van der Waals surface area (Å²) >= 11 is 0. The van der Waals surface area contributed by atoms with E-state index in [4.69, 9.17) is 0 Å². The van der Waals surface area contributed by atoms with E-state index in [-0.39, 0.29) is 12.1 Å². The van der Waals surface area contributed by atoms with E-state index >= 15 is 0 Å². The molecule has 87 heavy (non-hydrogen) atoms. The number of nitrogens with zero attached hydrogens (tertiary/aromatic N) is 4. The highest BCUT2D eigenvalue weighted by molar-refractivity contribution is 7.00. The highest BCUT2D eigenvalue weighted by Crippen LogP contribution is 2.55. The fourth-order valence-electron chi connectivity index (χ4n) is 15.0. The van der Waals surface area contributed by atoms with E-state index in [1.165, 1.54) is 127 Å². The smallest absolute Gasteiger partial charge is 0.252 e. The number of anilines is 6. The van der Waals surface area contributed by atoms with Crippen LogP contribution in [0.5, 0.6) is 0 Å². The summed E-state index contributed by atoms with van der Waals surface area (Å²) in [5, 5.41) is 4.93. The summed E-state index contributed by atoms with van der Waals surface area (Å²) in [4.78, 5) is 5.28. The lowest BCUT2D eigenvalue weighted by atomic mass is 9.33. The van der Waals surface area contributed by atoms with Gasteiger partial charge in [0.1, 0.15) is 0 Å². The molecule has 4 nitrogen and oxygen atoms in total. The summed E-state index contributed by atoms with van der Waals surface area (Å²) in [6, 6.07) is 110. The van der Waals surface area contributed by atoms with Gasteiger partial charge < -0.3 is 18.9 Å². The van der Waals surface area contributed by atoms with E-state index in [2.05, 4.69) is 331 Å². The summed E-state index contributed by atoms with van der Waals surface area (Å²) in [5.74, 6) is 0. The number of benzene rings is 13. The summed E-state index contributed by atoms with van der Waals surface area (Å²) < 4.78 is 5.00. The molecular formula is C82H57BN4. The molecule has 0 unspecified atom stereocenters. The molecule has 0 saturated carbocycles. The number of rotatable bonds is 6. The van der Waals surface area contributed by atoms with Crippen LogP contribution in [0.15, 0.2) is 291 Å². The Labute approximate surface area is 506 Å². The van der Waals surface area contributed by atoms with Crippen LogP contribution < -0.4 is 26.2 Å². The molecule has 0 fully saturated rings. The van der Waals surface area contributed by atoms with Gasteiger partial charge in [0.15, 0.2) is 0 Å². The molecule has 0 amide bonds. The lowest BCUT2D eigenvalue weighted by Gasteiger charge is -2.45. The molecule has 0 spiro atoms. The Morgan fingerprint density at radius 1 is 0.276 bits per heavy atom. The minimum Gasteiger partial charge on any atom is -0.311 e. The normalized spacial score (nSPS) is 12.9. The van der Waals surface area contributed by atoms with Crippen LogP contribution in [0.3, 0.4) is 0 Å². The van der Waals surface area contributed by atoms with Gasteiger partial charge in [-0.15, -0.1) is 0 Å². The van der Waals surface area contributed by atoms with Crippen molar-refractivity contribution in [3.05, 3.63) is 297 Å². The Morgan fingerprint density at radius 3 is 1.36 bits per heavy atom. The number of hydrogen-bond acceptors (Lipinski definition) is 2. The Hall–Kier alpha value is -10.9. The first-order valence-electron chi connectivity index (χ1n) is 30.4. The predicted octanol–water partition coefficient (Wildman–Crippen LogP) is 19.9. The van der Waals surface area contributed by atoms with E-state index in [1.807, 2.05) is 0 Å². The van der Waals surface area contributed by atoms with Crippen LogP contribution in [0.2, 0.25) is 0 Å². The van der Waals surface area contributed by atoms with Crippen molar-refractivity contribution >= 4 is 101 Å². The SMILES string of the molecule is CC(C)(C)c1ccc(-c2cccc(N3c4cc(-n5c6ccccc6c6ccccc65)ccc4B4c5cc(-c6ccccc6)cc6c5N(c5ccc(-c7ccccc7)cc5-c5ccccc5-6)c5cc(-n6c7ccccc7c7ccccc76)cc3c54)c2)cc1. The first-order valence-corrected chi connectivity index (χ1v) is 30.4. The minimum absolute atomic E-state index is 0.0328. The van der Waals surface area contributed by atoms with Crippen LogP contribution in [-0.2, 0) is 5.41 Å². The van der Waals surface area contributed by atoms with Crippen molar-refractivity contribution in [2.24, 2.45) is 0 Å². The largest absolute Gasteiger partial charge is 0.311 e. The lowest BCUT2D eigenvalue weighted by Crippen LogP contribution is -2.61. The molecule has 0 atom stereocenters. The van der Waals surface area contributed by atoms with E-state index in [0.29, 0.717) is 0 Å². The quantitative estimate of drug-likeness (QED) is 0.154. The van der Waals surface area contributed by atoms with E-state index in [0.717, 1.165) is 39.8 Å². The van der Waals surface area contributed by atoms with Crippen molar-refractivity contribution < 1.29 is 0 Å². The van der Waals surface area contributed by atoms with Crippen molar-refractivity contribution in [2.75, 3.05) is 9.80 Å². The maximum atomic E-state index is 2.67. The van der Waals surface area contributed by atoms with Crippen molar-refractivity contribution in [2.45, 2.75) is 26.2 Å². The Bertz CT molecular complexity index is 5230. The minimum atomic E-state index is -0.181. The van der Waals surface area contributed by atoms with Gasteiger partial charge in [-0.2, -0.15) is 0 Å². The molecule has 15 aromatic rings. The molecule has 2 aromatic heterocycles. The average Bonchev–Trinajstić information content (AvgIpc) is 1.71. The maximum absolute atomic E-state index is 2.67. The average molecular weight is 1110 g/mol. The molecule has 3 aliphatic heterocycles. The molecule has 5 heteroatoms. The first-order chi connectivity index (χ1) is 42.8. The number of hydrogen-bond donors (Lipinski definition) is 0. The Balaban J connectivity index is 0.998. The van der Waals surface area contributed by atoms with Gasteiger partial charge in [-0.3, -0.25) is 0 Å². The van der Waals surface area contributed by atoms with Gasteiger partial charge in [0, 0.05) is 66.8 Å². The number of aromatic nitrogens is 2. The van der Waals surface area contributed by atoms with Crippen molar-refractivity contribution in [3.8, 4) is 67.0 Å². The predicted molar refractivity (Wildman–Crippen MR) is 369 cm³/mol. The zero-order valence-corrected chi connectivity index (χ0v) is 48.6. The third-order valence-corrected chi connectivity index (χ3v) is 19.0. The zero-order chi connectivity index (χ0) is 57.6. The molecule has 0 radical (unpaired) electrons. The van der Waals surface area contributed by atoms with Crippen LogP contribution in [0, 0.1) is 0 Å². The standard InChI is InChI=1S/C82H57BN4/c1-82(2,3)58-40-37-54(38-41-58)55-25-20-26-59(45-55)85-77-49-60(84-72-33-16-12-29-64(72)65-30-13-17-34-73(65)84)42-43-70(77)83-71-48-57(53-23-8-5-9-24-53)47-69-63-28-11-10-27-62(63)68-46-56(52-21-6-4-7-22-52)39-44-76(68)87(81(69)71)79-51-61(50-78(85)80(79)83)86-74-35-18-14-31-66(74)67-32-15-19-36-75(67)86/h4-51H,1-3H3. The fraction of sp³-hybridized carbons (Fsp3) is 0.0488. The number of para-hydroxylation sites is 4. The second kappa shape index (κ2) is 18.8. The highest BCUT2D eigenvalue weighted by atomic mass is 15.2. The Kier molecular flexibility index (Phi) is 10.7. The van der Waals surface area contributed by atoms with E-state index in [1.54, 1.807) is 0 Å². The second-order valence-electron chi connectivity index (χ2n) is 24.8. The summed E-state index contributed by atoms with van der Waals surface area (Å²) in [6.45, 7) is 6.69. The maximum Gasteiger partial charge on any atom is 0.252 e. The monoisotopic (exact) mass is 1110 g/mol. The molecule has 3 aliphatic rings. The molecule has 5 heterocycles. The first kappa shape index (κ1) is 49.5. The van der Waals surface area contributed by atoms with Gasteiger partial charge in [-0.05, 0) is 151 Å². The third kappa shape index (κ3) is 7.46. The third-order valence-electron chi connectivity index (χ3n) is 19.0. The topological polar surface area (TPSA) is 16.3 Å². The molecular weight excluding hydrogens is 1050 g/mol. The second-order valence-corrected chi connectivity index (χ2v) is 24.8. The summed E-state index contributed by atoms with van der Waals surface area (Å²) in [7, 11) is 0. The summed E-state index contributed by atoms with van der Waals surface area (Å²) in [6.07, 6.45) is 0. The van der Waals surface area contributed by atoms with Gasteiger partial charge in [0.2, 0.25) is 0 Å². The van der Waals surface area contributed by atoms with Crippen molar-refractivity contribution in [1.29, 1.82) is 0 Å². The highest BCUT2D eigenvalue weighted by Gasteiger charge is 2.46. The molecule has 0 bridgehead atoms. The van der Waals surface area contributed by atoms with E-state index in [9.17, 15) is 0 Å². The molecule has 13 aromatic carbocycles. The van der Waals surface area contributed by atoms with Crippen LogP contribution in [0.25, 0.3) is 111 Å².